The number of hydrogen-bond donors (Lipinski definition) is 1. The van der Waals surface area contributed by atoms with Crippen LogP contribution in [0.1, 0.15) is 22.6 Å². The summed E-state index contributed by atoms with van der Waals surface area (Å²) in [5.74, 6) is -1.83. The van der Waals surface area contributed by atoms with Gasteiger partial charge in [-0.3, -0.25) is 9.69 Å². The topological polar surface area (TPSA) is 61.9 Å². The van der Waals surface area contributed by atoms with Gasteiger partial charge in [0.25, 0.3) is 5.56 Å². The molecule has 2 aromatic rings. The van der Waals surface area contributed by atoms with Crippen LogP contribution in [0.5, 0.6) is 0 Å². The molecule has 1 aliphatic rings. The number of nitrogens with zero attached hydrogens (tertiary/aromatic N) is 3. The molecule has 3 heterocycles. The molecular formula is C14H11ClF4N4O. The summed E-state index contributed by atoms with van der Waals surface area (Å²) < 4.78 is 51.3. The lowest BCUT2D eigenvalue weighted by molar-refractivity contribution is -0.145. The van der Waals surface area contributed by atoms with E-state index in [1.54, 1.807) is 9.88 Å². The molecule has 0 saturated carbocycles. The Balaban J connectivity index is 1.85. The smallest absolute Gasteiger partial charge is 0.303 e. The Morgan fingerprint density at radius 3 is 2.83 bits per heavy atom. The number of rotatable bonds is 2. The van der Waals surface area contributed by atoms with Gasteiger partial charge in [-0.05, 0) is 6.07 Å². The highest BCUT2D eigenvalue weighted by Gasteiger charge is 2.36. The minimum Gasteiger partial charge on any atom is -0.303 e. The zero-order valence-electron chi connectivity index (χ0n) is 12.1. The van der Waals surface area contributed by atoms with Crippen molar-refractivity contribution in [1.82, 2.24) is 19.9 Å². The normalized spacial score (nSPS) is 15.4. The number of pyridine rings is 1. The van der Waals surface area contributed by atoms with Gasteiger partial charge in [0.15, 0.2) is 0 Å². The number of fused-ring (bicyclic) bond motifs is 1. The Hall–Kier alpha value is -2.00. The van der Waals surface area contributed by atoms with Gasteiger partial charge in [0.1, 0.15) is 11.0 Å². The minimum atomic E-state index is -4.70. The van der Waals surface area contributed by atoms with Crippen molar-refractivity contribution in [3.05, 3.63) is 56.2 Å². The molecule has 0 atom stereocenters. The first-order valence-corrected chi connectivity index (χ1v) is 7.33. The Morgan fingerprint density at radius 2 is 2.12 bits per heavy atom. The summed E-state index contributed by atoms with van der Waals surface area (Å²) in [7, 11) is 0. The third-order valence-corrected chi connectivity index (χ3v) is 4.03. The molecule has 10 heteroatoms. The second-order valence-corrected chi connectivity index (χ2v) is 5.76. The molecule has 128 valence electrons. The SMILES string of the molecule is O=c1[nH]c(C(F)(F)F)nc2c1CN(Cc1cc(F)cnc1Cl)CC2. The summed E-state index contributed by atoms with van der Waals surface area (Å²) in [4.78, 5) is 22.7. The van der Waals surface area contributed by atoms with Crippen LogP contribution in [0.25, 0.3) is 0 Å². The van der Waals surface area contributed by atoms with Crippen molar-refractivity contribution in [3.63, 3.8) is 0 Å². The van der Waals surface area contributed by atoms with Gasteiger partial charge in [0.2, 0.25) is 5.82 Å². The molecule has 0 aliphatic carbocycles. The van der Waals surface area contributed by atoms with Gasteiger partial charge in [-0.15, -0.1) is 0 Å². The number of H-pyrrole nitrogens is 1. The average Bonchev–Trinajstić information content (AvgIpc) is 2.50. The molecule has 0 saturated heterocycles. The van der Waals surface area contributed by atoms with Gasteiger partial charge in [-0.25, -0.2) is 14.4 Å². The number of nitrogens with one attached hydrogen (secondary N) is 1. The van der Waals surface area contributed by atoms with Crippen LogP contribution in [0, 0.1) is 5.82 Å². The number of aromatic amines is 1. The Kier molecular flexibility index (Phi) is 4.31. The minimum absolute atomic E-state index is 0.0998. The Morgan fingerprint density at radius 1 is 1.38 bits per heavy atom. The van der Waals surface area contributed by atoms with Gasteiger partial charge >= 0.3 is 6.18 Å². The van der Waals surface area contributed by atoms with E-state index in [0.29, 0.717) is 12.1 Å². The molecule has 24 heavy (non-hydrogen) atoms. The summed E-state index contributed by atoms with van der Waals surface area (Å²) in [6.45, 7) is 0.694. The molecule has 2 aromatic heterocycles. The summed E-state index contributed by atoms with van der Waals surface area (Å²) in [6, 6.07) is 1.24. The zero-order valence-corrected chi connectivity index (χ0v) is 12.9. The van der Waals surface area contributed by atoms with Crippen molar-refractivity contribution < 1.29 is 17.6 Å². The van der Waals surface area contributed by atoms with E-state index in [1.807, 2.05) is 0 Å². The second kappa shape index (κ2) is 6.14. The molecule has 1 aliphatic heterocycles. The molecule has 3 rings (SSSR count). The maximum atomic E-state index is 13.2. The molecule has 1 N–H and O–H groups in total. The summed E-state index contributed by atoms with van der Waals surface area (Å²) >= 11 is 5.91. The average molecular weight is 363 g/mol. The number of aromatic nitrogens is 3. The lowest BCUT2D eigenvalue weighted by atomic mass is 10.1. The van der Waals surface area contributed by atoms with Crippen LogP contribution >= 0.6 is 11.6 Å². The fourth-order valence-corrected chi connectivity index (χ4v) is 2.73. The number of halogens is 5. The van der Waals surface area contributed by atoms with Crippen LogP contribution in [0.2, 0.25) is 5.15 Å². The second-order valence-electron chi connectivity index (χ2n) is 5.40. The third-order valence-electron chi connectivity index (χ3n) is 3.69. The van der Waals surface area contributed by atoms with E-state index < -0.39 is 23.4 Å². The molecule has 0 spiro atoms. The summed E-state index contributed by atoms with van der Waals surface area (Å²) in [5.41, 5.74) is -0.0718. The van der Waals surface area contributed by atoms with Crippen molar-refractivity contribution >= 4 is 11.6 Å². The maximum Gasteiger partial charge on any atom is 0.449 e. The van der Waals surface area contributed by atoms with E-state index in [9.17, 15) is 22.4 Å². The van der Waals surface area contributed by atoms with Crippen LogP contribution in [-0.2, 0) is 25.7 Å². The zero-order chi connectivity index (χ0) is 17.5. The maximum absolute atomic E-state index is 13.2. The van der Waals surface area contributed by atoms with Gasteiger partial charge in [0.05, 0.1) is 17.5 Å². The lowest BCUT2D eigenvalue weighted by Gasteiger charge is -2.28. The van der Waals surface area contributed by atoms with Gasteiger partial charge in [-0.2, -0.15) is 13.2 Å². The Bertz CT molecular complexity index is 836. The van der Waals surface area contributed by atoms with Crippen LogP contribution < -0.4 is 5.56 Å². The van der Waals surface area contributed by atoms with Crippen LogP contribution in [0.4, 0.5) is 17.6 Å². The number of alkyl halides is 3. The van der Waals surface area contributed by atoms with Gasteiger partial charge in [-0.1, -0.05) is 11.6 Å². The monoisotopic (exact) mass is 362 g/mol. The highest BCUT2D eigenvalue weighted by Crippen LogP contribution is 2.27. The fraction of sp³-hybridized carbons (Fsp3) is 0.357. The standard InChI is InChI=1S/C14H11ClF4N4O/c15-11-7(3-8(16)4-20-11)5-23-2-1-10-9(6-23)12(24)22-13(21-10)14(17,18)19/h3-4H,1-2,5-6H2,(H,21,22,24). The van der Waals surface area contributed by atoms with Gasteiger partial charge < -0.3 is 4.98 Å². The van der Waals surface area contributed by atoms with E-state index >= 15 is 0 Å². The van der Waals surface area contributed by atoms with E-state index in [4.69, 9.17) is 11.6 Å². The Labute approximate surface area is 138 Å². The third kappa shape index (κ3) is 3.41. The predicted molar refractivity (Wildman–Crippen MR) is 76.9 cm³/mol. The highest BCUT2D eigenvalue weighted by atomic mass is 35.5. The van der Waals surface area contributed by atoms with E-state index in [2.05, 4.69) is 9.97 Å². The molecule has 0 aromatic carbocycles. The summed E-state index contributed by atoms with van der Waals surface area (Å²) in [5, 5.41) is 0.140. The lowest BCUT2D eigenvalue weighted by Crippen LogP contribution is -2.36. The van der Waals surface area contributed by atoms with Crippen LogP contribution in [0.15, 0.2) is 17.1 Å². The molecule has 0 amide bonds. The van der Waals surface area contributed by atoms with E-state index in [-0.39, 0.29) is 35.9 Å². The van der Waals surface area contributed by atoms with Crippen LogP contribution in [0.3, 0.4) is 0 Å². The molecular weight excluding hydrogens is 352 g/mol. The van der Waals surface area contributed by atoms with Crippen molar-refractivity contribution in [2.45, 2.75) is 25.7 Å². The molecule has 0 radical (unpaired) electrons. The van der Waals surface area contributed by atoms with Crippen molar-refractivity contribution in [1.29, 1.82) is 0 Å². The number of hydrogen-bond acceptors (Lipinski definition) is 4. The molecule has 0 bridgehead atoms. The first-order valence-electron chi connectivity index (χ1n) is 6.95. The predicted octanol–water partition coefficient (Wildman–Crippen LogP) is 2.53. The molecule has 5 nitrogen and oxygen atoms in total. The van der Waals surface area contributed by atoms with Crippen molar-refractivity contribution in [2.75, 3.05) is 6.54 Å². The molecule has 0 unspecified atom stereocenters. The van der Waals surface area contributed by atoms with Crippen molar-refractivity contribution in [3.8, 4) is 0 Å². The van der Waals surface area contributed by atoms with E-state index in [0.717, 1.165) is 6.20 Å². The molecule has 0 fully saturated rings. The highest BCUT2D eigenvalue weighted by molar-refractivity contribution is 6.30. The largest absolute Gasteiger partial charge is 0.449 e. The fourth-order valence-electron chi connectivity index (χ4n) is 2.57. The summed E-state index contributed by atoms with van der Waals surface area (Å²) in [6.07, 6.45) is -3.53. The van der Waals surface area contributed by atoms with Crippen molar-refractivity contribution in [2.24, 2.45) is 0 Å². The first kappa shape index (κ1) is 16.8. The van der Waals surface area contributed by atoms with E-state index in [1.165, 1.54) is 6.07 Å². The van der Waals surface area contributed by atoms with Gasteiger partial charge in [0, 0.05) is 31.6 Å². The van der Waals surface area contributed by atoms with Crippen LogP contribution in [-0.4, -0.2) is 26.4 Å². The first-order chi connectivity index (χ1) is 11.2. The quantitative estimate of drug-likeness (QED) is 0.659.